The van der Waals surface area contributed by atoms with E-state index in [1.54, 1.807) is 11.2 Å². The predicted octanol–water partition coefficient (Wildman–Crippen LogP) is 0.115. The van der Waals surface area contributed by atoms with Crippen LogP contribution in [0.2, 0.25) is 0 Å². The molecule has 6 heteroatoms. The molecule has 0 aromatic carbocycles. The van der Waals surface area contributed by atoms with Crippen molar-refractivity contribution in [2.75, 3.05) is 31.1 Å². The van der Waals surface area contributed by atoms with Crippen molar-refractivity contribution in [1.82, 2.24) is 9.62 Å². The second-order valence-corrected chi connectivity index (χ2v) is 7.64. The number of hydrogen-bond donors (Lipinski definition) is 1. The first kappa shape index (κ1) is 11.7. The van der Waals surface area contributed by atoms with E-state index in [4.69, 9.17) is 0 Å². The minimum atomic E-state index is -3.06. The van der Waals surface area contributed by atoms with Gasteiger partial charge in [-0.3, -0.25) is 0 Å². The third-order valence-electron chi connectivity index (χ3n) is 3.09. The fraction of sp³-hybridized carbons (Fsp3) is 1.00. The summed E-state index contributed by atoms with van der Waals surface area (Å²) < 4.78 is 26.1. The Balaban J connectivity index is 2.19. The van der Waals surface area contributed by atoms with Crippen LogP contribution in [0.4, 0.5) is 0 Å². The SMILES string of the molecule is CC1CNCCN(C2CCSC2)S1(=O)=O. The highest BCUT2D eigenvalue weighted by Gasteiger charge is 2.36. The largest absolute Gasteiger partial charge is 0.314 e. The Labute approximate surface area is 95.8 Å². The van der Waals surface area contributed by atoms with Gasteiger partial charge in [-0.2, -0.15) is 16.1 Å². The Bertz CT molecular complexity index is 312. The molecule has 2 atom stereocenters. The van der Waals surface area contributed by atoms with Gasteiger partial charge in [0.25, 0.3) is 0 Å². The van der Waals surface area contributed by atoms with Crippen LogP contribution in [-0.2, 0) is 10.0 Å². The Kier molecular flexibility index (Phi) is 3.59. The zero-order valence-corrected chi connectivity index (χ0v) is 10.6. The van der Waals surface area contributed by atoms with Crippen molar-refractivity contribution in [2.45, 2.75) is 24.6 Å². The van der Waals surface area contributed by atoms with Crippen molar-refractivity contribution < 1.29 is 8.42 Å². The summed E-state index contributed by atoms with van der Waals surface area (Å²) in [5, 5.41) is 2.89. The minimum absolute atomic E-state index is 0.238. The predicted molar refractivity (Wildman–Crippen MR) is 63.7 cm³/mol. The molecule has 0 aromatic heterocycles. The van der Waals surface area contributed by atoms with E-state index in [0.29, 0.717) is 13.1 Å². The molecule has 0 spiro atoms. The molecule has 2 unspecified atom stereocenters. The van der Waals surface area contributed by atoms with Crippen molar-refractivity contribution in [3.63, 3.8) is 0 Å². The summed E-state index contributed by atoms with van der Waals surface area (Å²) in [5.74, 6) is 2.06. The van der Waals surface area contributed by atoms with Crippen LogP contribution < -0.4 is 5.32 Å². The van der Waals surface area contributed by atoms with Gasteiger partial charge in [0, 0.05) is 31.4 Å². The second-order valence-electron chi connectivity index (χ2n) is 4.19. The fourth-order valence-electron chi connectivity index (χ4n) is 2.10. The first-order chi connectivity index (χ1) is 7.12. The number of sulfonamides is 1. The van der Waals surface area contributed by atoms with Gasteiger partial charge in [-0.25, -0.2) is 8.42 Å². The van der Waals surface area contributed by atoms with E-state index < -0.39 is 10.0 Å². The monoisotopic (exact) mass is 250 g/mol. The molecule has 0 saturated carbocycles. The molecule has 1 N–H and O–H groups in total. The molecule has 15 heavy (non-hydrogen) atoms. The number of rotatable bonds is 1. The molecular weight excluding hydrogens is 232 g/mol. The van der Waals surface area contributed by atoms with Gasteiger partial charge >= 0.3 is 0 Å². The minimum Gasteiger partial charge on any atom is -0.314 e. The van der Waals surface area contributed by atoms with Gasteiger partial charge in [-0.1, -0.05) is 0 Å². The molecule has 2 aliphatic heterocycles. The lowest BCUT2D eigenvalue weighted by Crippen LogP contribution is -2.44. The normalized spacial score (nSPS) is 37.7. The standard InChI is InChI=1S/C9H18N2O2S2/c1-8-6-10-3-4-11(15(8,12)13)9-2-5-14-7-9/h8-10H,2-7H2,1H3. The highest BCUT2D eigenvalue weighted by atomic mass is 32.2. The van der Waals surface area contributed by atoms with E-state index in [-0.39, 0.29) is 11.3 Å². The van der Waals surface area contributed by atoms with Gasteiger partial charge in [0.2, 0.25) is 10.0 Å². The molecule has 2 aliphatic rings. The van der Waals surface area contributed by atoms with Gasteiger partial charge in [-0.05, 0) is 19.1 Å². The van der Waals surface area contributed by atoms with Crippen LogP contribution in [0.25, 0.3) is 0 Å². The fourth-order valence-corrected chi connectivity index (χ4v) is 5.15. The van der Waals surface area contributed by atoms with Crippen LogP contribution in [0.15, 0.2) is 0 Å². The smallest absolute Gasteiger partial charge is 0.218 e. The second kappa shape index (κ2) is 4.61. The molecule has 2 rings (SSSR count). The van der Waals surface area contributed by atoms with Crippen molar-refractivity contribution in [2.24, 2.45) is 0 Å². The van der Waals surface area contributed by atoms with E-state index in [2.05, 4.69) is 5.32 Å². The maximum atomic E-state index is 12.2. The molecule has 0 amide bonds. The van der Waals surface area contributed by atoms with Gasteiger partial charge < -0.3 is 5.32 Å². The van der Waals surface area contributed by atoms with Crippen LogP contribution in [0.1, 0.15) is 13.3 Å². The van der Waals surface area contributed by atoms with E-state index >= 15 is 0 Å². The summed E-state index contributed by atoms with van der Waals surface area (Å²) in [6.07, 6.45) is 1.01. The zero-order valence-electron chi connectivity index (χ0n) is 8.98. The summed E-state index contributed by atoms with van der Waals surface area (Å²) in [4.78, 5) is 0. The first-order valence-corrected chi connectivity index (χ1v) is 8.07. The molecule has 0 aromatic rings. The van der Waals surface area contributed by atoms with Gasteiger partial charge in [0.15, 0.2) is 0 Å². The Hall–Kier alpha value is 0.220. The summed E-state index contributed by atoms with van der Waals surface area (Å²) in [6.45, 7) is 3.80. The number of hydrogen-bond acceptors (Lipinski definition) is 4. The Morgan fingerprint density at radius 1 is 1.47 bits per heavy atom. The molecule has 2 saturated heterocycles. The first-order valence-electron chi connectivity index (χ1n) is 5.41. The number of nitrogens with one attached hydrogen (secondary N) is 1. The number of nitrogens with zero attached hydrogens (tertiary/aromatic N) is 1. The molecule has 4 nitrogen and oxygen atoms in total. The van der Waals surface area contributed by atoms with Crippen molar-refractivity contribution in [3.05, 3.63) is 0 Å². The van der Waals surface area contributed by atoms with Crippen LogP contribution >= 0.6 is 11.8 Å². The average Bonchev–Trinajstić information content (AvgIpc) is 2.65. The maximum Gasteiger partial charge on any atom is 0.218 e. The average molecular weight is 250 g/mol. The molecule has 2 heterocycles. The molecule has 2 fully saturated rings. The van der Waals surface area contributed by atoms with Crippen LogP contribution in [0.3, 0.4) is 0 Å². The van der Waals surface area contributed by atoms with Gasteiger partial charge in [0.1, 0.15) is 0 Å². The summed E-state index contributed by atoms with van der Waals surface area (Å²) >= 11 is 1.86. The molecule has 0 radical (unpaired) electrons. The highest BCUT2D eigenvalue weighted by Crippen LogP contribution is 2.26. The topological polar surface area (TPSA) is 49.4 Å². The lowest BCUT2D eigenvalue weighted by molar-refractivity contribution is 0.347. The van der Waals surface area contributed by atoms with E-state index in [9.17, 15) is 8.42 Å². The van der Waals surface area contributed by atoms with Crippen LogP contribution in [0.5, 0.6) is 0 Å². The van der Waals surface area contributed by atoms with Crippen LogP contribution in [-0.4, -0.2) is 55.2 Å². The maximum absolute atomic E-state index is 12.2. The van der Waals surface area contributed by atoms with Crippen molar-refractivity contribution >= 4 is 21.8 Å². The summed E-state index contributed by atoms with van der Waals surface area (Å²) in [5.41, 5.74) is 0. The third kappa shape index (κ3) is 2.33. The van der Waals surface area contributed by atoms with Crippen molar-refractivity contribution in [1.29, 1.82) is 0 Å². The van der Waals surface area contributed by atoms with Gasteiger partial charge in [-0.15, -0.1) is 0 Å². The lowest BCUT2D eigenvalue weighted by Gasteiger charge is -2.27. The lowest BCUT2D eigenvalue weighted by atomic mass is 10.2. The third-order valence-corrected chi connectivity index (χ3v) is 6.55. The Morgan fingerprint density at radius 2 is 2.27 bits per heavy atom. The van der Waals surface area contributed by atoms with Gasteiger partial charge in [0.05, 0.1) is 5.25 Å². The molecule has 0 bridgehead atoms. The quantitative estimate of drug-likeness (QED) is 0.718. The number of thioether (sulfide) groups is 1. The molecule has 88 valence electrons. The molecular formula is C9H18N2O2S2. The van der Waals surface area contributed by atoms with E-state index in [0.717, 1.165) is 24.5 Å². The van der Waals surface area contributed by atoms with Crippen LogP contribution in [0, 0.1) is 0 Å². The van der Waals surface area contributed by atoms with Crippen molar-refractivity contribution in [3.8, 4) is 0 Å². The summed E-state index contributed by atoms with van der Waals surface area (Å²) in [7, 11) is -3.06. The summed E-state index contributed by atoms with van der Waals surface area (Å²) in [6, 6.07) is 0.238. The zero-order chi connectivity index (χ0) is 10.9. The highest BCUT2D eigenvalue weighted by molar-refractivity contribution is 7.99. The van der Waals surface area contributed by atoms with E-state index in [1.807, 2.05) is 11.8 Å². The van der Waals surface area contributed by atoms with E-state index in [1.165, 1.54) is 0 Å². The molecule has 0 aliphatic carbocycles. The Morgan fingerprint density at radius 3 is 2.93 bits per heavy atom.